The zero-order chi connectivity index (χ0) is 21.0. The number of benzene rings is 2. The van der Waals surface area contributed by atoms with E-state index in [-0.39, 0.29) is 12.2 Å². The molecule has 0 N–H and O–H groups in total. The Balaban J connectivity index is 1.54. The van der Waals surface area contributed by atoms with E-state index in [0.29, 0.717) is 41.2 Å². The first kappa shape index (κ1) is 21.6. The fourth-order valence-electron chi connectivity index (χ4n) is 2.83. The first-order chi connectivity index (χ1) is 13.7. The van der Waals surface area contributed by atoms with Gasteiger partial charge in [0.05, 0.1) is 19.7 Å². The summed E-state index contributed by atoms with van der Waals surface area (Å²) in [5.41, 5.74) is 0.584. The first-order valence-corrected chi connectivity index (χ1v) is 10.3. The van der Waals surface area contributed by atoms with Crippen molar-refractivity contribution in [2.24, 2.45) is 0 Å². The van der Waals surface area contributed by atoms with E-state index < -0.39 is 5.60 Å². The minimum Gasteiger partial charge on any atom is -0.489 e. The first-order valence-electron chi connectivity index (χ1n) is 9.51. The largest absolute Gasteiger partial charge is 0.489 e. The molecular weight excluding hydrogens is 413 g/mol. The predicted octanol–water partition coefficient (Wildman–Crippen LogP) is 5.61. The van der Waals surface area contributed by atoms with Gasteiger partial charge in [-0.25, -0.2) is 4.79 Å². The van der Waals surface area contributed by atoms with E-state index in [2.05, 4.69) is 0 Å². The monoisotopic (exact) mass is 437 g/mol. The maximum Gasteiger partial charge on any atom is 0.410 e. The van der Waals surface area contributed by atoms with Gasteiger partial charge in [0.15, 0.2) is 11.5 Å². The Hall–Kier alpha value is -2.11. The number of likely N-dealkylation sites (tertiary alicyclic amines) is 1. The second kappa shape index (κ2) is 9.14. The highest BCUT2D eigenvalue weighted by atomic mass is 35.5. The van der Waals surface area contributed by atoms with E-state index in [0.717, 1.165) is 12.0 Å². The molecule has 1 saturated heterocycles. The Kier molecular flexibility index (Phi) is 6.81. The summed E-state index contributed by atoms with van der Waals surface area (Å²) in [5, 5.41) is 1.27. The molecule has 1 aliphatic heterocycles. The Morgan fingerprint density at radius 2 is 1.79 bits per heavy atom. The zero-order valence-electron chi connectivity index (χ0n) is 16.8. The average molecular weight is 438 g/mol. The van der Waals surface area contributed by atoms with Crippen LogP contribution < -0.4 is 9.47 Å². The van der Waals surface area contributed by atoms with Crippen LogP contribution in [0.2, 0.25) is 10.0 Å². The quantitative estimate of drug-likeness (QED) is 0.588. The van der Waals surface area contributed by atoms with Crippen LogP contribution in [0.5, 0.6) is 11.5 Å². The van der Waals surface area contributed by atoms with Crippen LogP contribution in [0.4, 0.5) is 4.79 Å². The van der Waals surface area contributed by atoms with Crippen LogP contribution in [-0.4, -0.2) is 42.4 Å². The molecule has 3 rings (SSSR count). The normalized spacial score (nSPS) is 14.3. The molecule has 0 unspecified atom stereocenters. The molecule has 1 fully saturated rings. The van der Waals surface area contributed by atoms with Gasteiger partial charge in [0.1, 0.15) is 11.7 Å². The van der Waals surface area contributed by atoms with Crippen molar-refractivity contribution in [3.05, 3.63) is 58.1 Å². The minimum atomic E-state index is -0.514. The lowest BCUT2D eigenvalue weighted by Gasteiger charge is -2.39. The molecule has 1 aliphatic rings. The van der Waals surface area contributed by atoms with Crippen LogP contribution in [0, 0.1) is 0 Å². The van der Waals surface area contributed by atoms with Crippen LogP contribution in [0.3, 0.4) is 0 Å². The number of hydrogen-bond donors (Lipinski definition) is 0. The third kappa shape index (κ3) is 6.44. The molecule has 1 heterocycles. The highest BCUT2D eigenvalue weighted by Crippen LogP contribution is 2.33. The highest BCUT2D eigenvalue weighted by molar-refractivity contribution is 6.31. The van der Waals surface area contributed by atoms with E-state index >= 15 is 0 Å². The molecule has 0 bridgehead atoms. The van der Waals surface area contributed by atoms with E-state index in [1.54, 1.807) is 23.1 Å². The van der Waals surface area contributed by atoms with Gasteiger partial charge >= 0.3 is 6.09 Å². The van der Waals surface area contributed by atoms with Crippen molar-refractivity contribution in [1.29, 1.82) is 0 Å². The average Bonchev–Trinajstić information content (AvgIpc) is 2.58. The maximum absolute atomic E-state index is 12.1. The van der Waals surface area contributed by atoms with Crippen molar-refractivity contribution in [3.8, 4) is 11.5 Å². The molecule has 29 heavy (non-hydrogen) atoms. The number of nitrogens with zero attached hydrogens (tertiary/aromatic N) is 1. The van der Waals surface area contributed by atoms with Gasteiger partial charge in [-0.3, -0.25) is 0 Å². The molecule has 2 aromatic carbocycles. The second-order valence-corrected chi connectivity index (χ2v) is 8.82. The van der Waals surface area contributed by atoms with Crippen molar-refractivity contribution in [2.45, 2.75) is 38.9 Å². The van der Waals surface area contributed by atoms with Gasteiger partial charge in [0.25, 0.3) is 0 Å². The fourth-order valence-corrected chi connectivity index (χ4v) is 3.21. The second-order valence-electron chi connectivity index (χ2n) is 7.94. The number of amides is 1. The summed E-state index contributed by atoms with van der Waals surface area (Å²) >= 11 is 12.1. The molecule has 0 atom stereocenters. The molecule has 2 aromatic rings. The smallest absolute Gasteiger partial charge is 0.410 e. The van der Waals surface area contributed by atoms with E-state index in [1.165, 1.54) is 0 Å². The zero-order valence-corrected chi connectivity index (χ0v) is 18.3. The third-order valence-electron chi connectivity index (χ3n) is 4.24. The lowest BCUT2D eigenvalue weighted by Crippen LogP contribution is -2.57. The summed E-state index contributed by atoms with van der Waals surface area (Å²) in [4.78, 5) is 13.7. The van der Waals surface area contributed by atoms with Gasteiger partial charge < -0.3 is 19.1 Å². The van der Waals surface area contributed by atoms with Crippen molar-refractivity contribution >= 4 is 29.3 Å². The molecule has 0 saturated carbocycles. The van der Waals surface area contributed by atoms with Crippen molar-refractivity contribution in [3.63, 3.8) is 0 Å². The highest BCUT2D eigenvalue weighted by Gasteiger charge is 2.35. The maximum atomic E-state index is 12.1. The predicted molar refractivity (Wildman–Crippen MR) is 114 cm³/mol. The number of carbonyl (C=O) groups is 1. The van der Waals surface area contributed by atoms with Gasteiger partial charge in [0, 0.05) is 22.5 Å². The lowest BCUT2D eigenvalue weighted by atomic mass is 10.1. The van der Waals surface area contributed by atoms with Gasteiger partial charge in [-0.1, -0.05) is 35.3 Å². The van der Waals surface area contributed by atoms with Crippen LogP contribution in [0.25, 0.3) is 0 Å². The SMILES string of the molecule is CC(C)(C)OC(=O)N1CC(Oc2cc(Cl)ccc2OCCc2cccc(Cl)c2)C1. The van der Waals surface area contributed by atoms with Crippen LogP contribution in [0.1, 0.15) is 26.3 Å². The van der Waals surface area contributed by atoms with Crippen LogP contribution >= 0.6 is 23.2 Å². The molecular formula is C22H25Cl2NO4. The van der Waals surface area contributed by atoms with Crippen LogP contribution in [-0.2, 0) is 11.2 Å². The number of hydrogen-bond acceptors (Lipinski definition) is 4. The molecule has 0 aliphatic carbocycles. The summed E-state index contributed by atoms with van der Waals surface area (Å²) in [5.74, 6) is 1.18. The summed E-state index contributed by atoms with van der Waals surface area (Å²) in [6.07, 6.45) is 0.260. The fraction of sp³-hybridized carbons (Fsp3) is 0.409. The van der Waals surface area contributed by atoms with E-state index in [1.807, 2.05) is 45.0 Å². The van der Waals surface area contributed by atoms with Gasteiger partial charge in [-0.15, -0.1) is 0 Å². The molecule has 156 valence electrons. The Bertz CT molecular complexity index is 860. The Morgan fingerprint density at radius 1 is 1.07 bits per heavy atom. The summed E-state index contributed by atoms with van der Waals surface area (Å²) < 4.78 is 17.3. The summed E-state index contributed by atoms with van der Waals surface area (Å²) in [7, 11) is 0. The van der Waals surface area contributed by atoms with Gasteiger partial charge in [-0.05, 0) is 50.6 Å². The minimum absolute atomic E-state index is 0.128. The van der Waals surface area contributed by atoms with E-state index in [4.69, 9.17) is 37.4 Å². The van der Waals surface area contributed by atoms with E-state index in [9.17, 15) is 4.79 Å². The molecule has 0 spiro atoms. The molecule has 7 heteroatoms. The number of carbonyl (C=O) groups excluding carboxylic acids is 1. The Morgan fingerprint density at radius 3 is 2.48 bits per heavy atom. The summed E-state index contributed by atoms with van der Waals surface area (Å²) in [6.45, 7) is 6.94. The number of ether oxygens (including phenoxy) is 3. The van der Waals surface area contributed by atoms with Crippen molar-refractivity contribution < 1.29 is 19.0 Å². The number of halogens is 2. The summed E-state index contributed by atoms with van der Waals surface area (Å²) in [6, 6.07) is 13.0. The van der Waals surface area contributed by atoms with Crippen LogP contribution in [0.15, 0.2) is 42.5 Å². The standard InChI is InChI=1S/C22H25Cl2NO4/c1-22(2,3)29-21(26)25-13-18(14-25)28-20-12-17(24)7-8-19(20)27-10-9-15-5-4-6-16(23)11-15/h4-8,11-12,18H,9-10,13-14H2,1-3H3. The van der Waals surface area contributed by atoms with Gasteiger partial charge in [-0.2, -0.15) is 0 Å². The lowest BCUT2D eigenvalue weighted by molar-refractivity contribution is -0.0227. The third-order valence-corrected chi connectivity index (χ3v) is 4.71. The molecule has 5 nitrogen and oxygen atoms in total. The number of rotatable bonds is 6. The Labute approximate surface area is 181 Å². The molecule has 0 aromatic heterocycles. The topological polar surface area (TPSA) is 48.0 Å². The molecule has 0 radical (unpaired) electrons. The molecule has 1 amide bonds. The van der Waals surface area contributed by atoms with Crippen molar-refractivity contribution in [1.82, 2.24) is 4.90 Å². The van der Waals surface area contributed by atoms with Gasteiger partial charge in [0.2, 0.25) is 0 Å². The van der Waals surface area contributed by atoms with Crippen molar-refractivity contribution in [2.75, 3.05) is 19.7 Å².